The van der Waals surface area contributed by atoms with E-state index in [2.05, 4.69) is 20.2 Å². The maximum Gasteiger partial charge on any atom is 0.267 e. The van der Waals surface area contributed by atoms with Crippen LogP contribution in [0, 0.1) is 12.8 Å². The van der Waals surface area contributed by atoms with Crippen LogP contribution in [0.2, 0.25) is 0 Å². The van der Waals surface area contributed by atoms with Crippen molar-refractivity contribution in [3.8, 4) is 11.6 Å². The number of piperidine rings is 1. The lowest BCUT2D eigenvalue weighted by Crippen LogP contribution is -2.43. The van der Waals surface area contributed by atoms with Crippen LogP contribution in [-0.2, 0) is 4.79 Å². The number of likely N-dealkylation sites (tertiary alicyclic amines) is 1. The Bertz CT molecular complexity index is 723. The topological polar surface area (TPSA) is 85.0 Å². The number of hydrogen-bond donors (Lipinski definition) is 0. The highest BCUT2D eigenvalue weighted by atomic mass is 16.4. The Balaban J connectivity index is 1.57. The average molecular weight is 327 g/mol. The highest BCUT2D eigenvalue weighted by molar-refractivity contribution is 5.80. The van der Waals surface area contributed by atoms with Gasteiger partial charge in [-0.05, 0) is 39.0 Å². The van der Waals surface area contributed by atoms with Crippen LogP contribution in [0.1, 0.15) is 56.2 Å². The molecule has 24 heavy (non-hydrogen) atoms. The second-order valence-corrected chi connectivity index (χ2v) is 6.66. The van der Waals surface area contributed by atoms with Crippen molar-refractivity contribution in [1.82, 2.24) is 25.1 Å². The predicted octanol–water partition coefficient (Wildman–Crippen LogP) is 2.69. The highest BCUT2D eigenvalue weighted by Crippen LogP contribution is 2.36. The molecule has 3 heterocycles. The van der Waals surface area contributed by atoms with E-state index in [4.69, 9.17) is 4.42 Å². The van der Waals surface area contributed by atoms with Crippen molar-refractivity contribution < 1.29 is 9.21 Å². The van der Waals surface area contributed by atoms with Crippen LogP contribution in [-0.4, -0.2) is 37.5 Å². The number of aryl methyl sites for hydroxylation is 1. The Labute approximate surface area is 140 Å². The zero-order chi connectivity index (χ0) is 16.5. The van der Waals surface area contributed by atoms with Crippen molar-refractivity contribution in [2.24, 2.45) is 5.92 Å². The summed E-state index contributed by atoms with van der Waals surface area (Å²) in [6, 6.07) is -0.105. The van der Waals surface area contributed by atoms with Gasteiger partial charge in [-0.25, -0.2) is 4.98 Å². The Morgan fingerprint density at radius 1 is 1.12 bits per heavy atom. The van der Waals surface area contributed by atoms with Crippen LogP contribution in [0.15, 0.2) is 16.8 Å². The Hall–Kier alpha value is -2.31. The molecule has 1 aliphatic heterocycles. The zero-order valence-electron chi connectivity index (χ0n) is 13.8. The van der Waals surface area contributed by atoms with E-state index in [0.717, 1.165) is 50.8 Å². The summed E-state index contributed by atoms with van der Waals surface area (Å²) in [6.45, 7) is 2.66. The molecule has 1 amide bonds. The van der Waals surface area contributed by atoms with E-state index in [1.165, 1.54) is 0 Å². The quantitative estimate of drug-likeness (QED) is 0.861. The van der Waals surface area contributed by atoms with Crippen LogP contribution in [0.25, 0.3) is 11.6 Å². The molecule has 7 heteroatoms. The van der Waals surface area contributed by atoms with Gasteiger partial charge in [0.25, 0.3) is 5.89 Å². The van der Waals surface area contributed by atoms with Gasteiger partial charge in [0.2, 0.25) is 11.8 Å². The molecular formula is C17H21N5O2. The maximum absolute atomic E-state index is 12.7. The van der Waals surface area contributed by atoms with Gasteiger partial charge in [0, 0.05) is 18.7 Å². The molecule has 1 saturated carbocycles. The minimum absolute atomic E-state index is 0.105. The first-order chi connectivity index (χ1) is 11.7. The lowest BCUT2D eigenvalue weighted by molar-refractivity contribution is -0.142. The predicted molar refractivity (Wildman–Crippen MR) is 85.7 cm³/mol. The molecular weight excluding hydrogens is 306 g/mol. The number of amides is 1. The largest absolute Gasteiger partial charge is 0.417 e. The molecule has 0 bridgehead atoms. The van der Waals surface area contributed by atoms with E-state index < -0.39 is 0 Å². The summed E-state index contributed by atoms with van der Waals surface area (Å²) in [7, 11) is 0. The molecule has 0 aromatic carbocycles. The number of nitrogens with zero attached hydrogens (tertiary/aromatic N) is 5. The van der Waals surface area contributed by atoms with Crippen molar-refractivity contribution >= 4 is 5.91 Å². The molecule has 0 spiro atoms. The molecule has 4 rings (SSSR count). The summed E-state index contributed by atoms with van der Waals surface area (Å²) in [5.41, 5.74) is 1.40. The van der Waals surface area contributed by atoms with E-state index >= 15 is 0 Å². The van der Waals surface area contributed by atoms with Crippen molar-refractivity contribution in [2.45, 2.75) is 51.5 Å². The fourth-order valence-electron chi connectivity index (χ4n) is 3.32. The van der Waals surface area contributed by atoms with Gasteiger partial charge in [-0.15, -0.1) is 10.2 Å². The van der Waals surface area contributed by atoms with E-state index in [1.54, 1.807) is 12.4 Å². The van der Waals surface area contributed by atoms with Crippen LogP contribution < -0.4 is 0 Å². The molecule has 2 fully saturated rings. The van der Waals surface area contributed by atoms with Gasteiger partial charge in [-0.2, -0.15) is 0 Å². The fraction of sp³-hybridized carbons (Fsp3) is 0.588. The molecule has 2 aliphatic rings. The standard InChI is InChI=1S/C17H21N5O2/c1-11-9-19-13(10-18-11)15-20-21-16(24-15)14-7-2-3-8-22(14)17(23)12-5-4-6-12/h9-10,12,14H,2-8H2,1H3. The summed E-state index contributed by atoms with van der Waals surface area (Å²) in [5, 5.41) is 8.30. The van der Waals surface area contributed by atoms with Gasteiger partial charge in [-0.3, -0.25) is 9.78 Å². The smallest absolute Gasteiger partial charge is 0.267 e. The molecule has 7 nitrogen and oxygen atoms in total. The van der Waals surface area contributed by atoms with Crippen molar-refractivity contribution in [3.05, 3.63) is 24.0 Å². The SMILES string of the molecule is Cc1cnc(-c2nnc(C3CCCCN3C(=O)C3CCC3)o2)cn1. The van der Waals surface area contributed by atoms with Crippen LogP contribution in [0.4, 0.5) is 0 Å². The molecule has 1 atom stereocenters. The monoisotopic (exact) mass is 327 g/mol. The molecule has 1 saturated heterocycles. The number of aromatic nitrogens is 4. The van der Waals surface area contributed by atoms with Gasteiger partial charge in [-0.1, -0.05) is 6.42 Å². The lowest BCUT2D eigenvalue weighted by Gasteiger charge is -2.38. The normalized spacial score (nSPS) is 21.5. The summed E-state index contributed by atoms with van der Waals surface area (Å²) in [4.78, 5) is 23.1. The summed E-state index contributed by atoms with van der Waals surface area (Å²) in [5.74, 6) is 1.32. The van der Waals surface area contributed by atoms with E-state index in [1.807, 2.05) is 11.8 Å². The first-order valence-corrected chi connectivity index (χ1v) is 8.65. The number of carbonyl (C=O) groups excluding carboxylic acids is 1. The van der Waals surface area contributed by atoms with Crippen LogP contribution >= 0.6 is 0 Å². The molecule has 1 unspecified atom stereocenters. The molecule has 0 N–H and O–H groups in total. The van der Waals surface area contributed by atoms with Gasteiger partial charge >= 0.3 is 0 Å². The van der Waals surface area contributed by atoms with Gasteiger partial charge in [0.15, 0.2) is 0 Å². The first-order valence-electron chi connectivity index (χ1n) is 8.65. The van der Waals surface area contributed by atoms with Gasteiger partial charge in [0.1, 0.15) is 11.7 Å². The molecule has 1 aliphatic carbocycles. The van der Waals surface area contributed by atoms with Crippen LogP contribution in [0.3, 0.4) is 0 Å². The van der Waals surface area contributed by atoms with Gasteiger partial charge in [0.05, 0.1) is 11.9 Å². The van der Waals surface area contributed by atoms with E-state index in [9.17, 15) is 4.79 Å². The number of rotatable bonds is 3. The zero-order valence-corrected chi connectivity index (χ0v) is 13.8. The summed E-state index contributed by atoms with van der Waals surface area (Å²) in [6.07, 6.45) is 9.47. The third-order valence-corrected chi connectivity index (χ3v) is 4.97. The summed E-state index contributed by atoms with van der Waals surface area (Å²) >= 11 is 0. The van der Waals surface area contributed by atoms with Gasteiger partial charge < -0.3 is 9.32 Å². The molecule has 2 aromatic heterocycles. The highest BCUT2D eigenvalue weighted by Gasteiger charge is 2.37. The minimum Gasteiger partial charge on any atom is -0.417 e. The summed E-state index contributed by atoms with van der Waals surface area (Å²) < 4.78 is 5.84. The molecule has 2 aromatic rings. The Morgan fingerprint density at radius 3 is 2.71 bits per heavy atom. The third-order valence-electron chi connectivity index (χ3n) is 4.97. The van der Waals surface area contributed by atoms with E-state index in [-0.39, 0.29) is 17.9 Å². The third kappa shape index (κ3) is 2.79. The Morgan fingerprint density at radius 2 is 2.00 bits per heavy atom. The van der Waals surface area contributed by atoms with Crippen molar-refractivity contribution in [1.29, 1.82) is 0 Å². The van der Waals surface area contributed by atoms with E-state index in [0.29, 0.717) is 17.5 Å². The second-order valence-electron chi connectivity index (χ2n) is 6.66. The minimum atomic E-state index is -0.105. The second kappa shape index (κ2) is 6.30. The number of hydrogen-bond acceptors (Lipinski definition) is 6. The lowest BCUT2D eigenvalue weighted by atomic mass is 9.83. The van der Waals surface area contributed by atoms with Crippen molar-refractivity contribution in [2.75, 3.05) is 6.54 Å². The number of carbonyl (C=O) groups is 1. The van der Waals surface area contributed by atoms with Crippen molar-refractivity contribution in [3.63, 3.8) is 0 Å². The average Bonchev–Trinajstić information content (AvgIpc) is 3.04. The maximum atomic E-state index is 12.7. The molecule has 0 radical (unpaired) electrons. The van der Waals surface area contributed by atoms with Crippen LogP contribution in [0.5, 0.6) is 0 Å². The Kier molecular flexibility index (Phi) is 4.00. The first kappa shape index (κ1) is 15.2. The molecule has 126 valence electrons. The fourth-order valence-corrected chi connectivity index (χ4v) is 3.32.